The summed E-state index contributed by atoms with van der Waals surface area (Å²) < 4.78 is 26.0. The minimum Gasteiger partial charge on any atom is -0.346 e. The van der Waals surface area contributed by atoms with Crippen LogP contribution >= 0.6 is 11.6 Å². The van der Waals surface area contributed by atoms with Crippen molar-refractivity contribution in [1.82, 2.24) is 5.32 Å². The molecule has 0 radical (unpaired) electrons. The van der Waals surface area contributed by atoms with Crippen molar-refractivity contribution in [2.45, 2.75) is 19.4 Å². The summed E-state index contributed by atoms with van der Waals surface area (Å²) >= 11 is 5.60. The van der Waals surface area contributed by atoms with Gasteiger partial charge in [0.15, 0.2) is 11.6 Å². The highest BCUT2D eigenvalue weighted by molar-refractivity contribution is 6.18. The standard InChI is InChI=1S/C11H11ClF2N2O3/c1-11(2,5-12)15-10(17)6-3-7(13)8(14)4-9(6)16(18)19/h3-4H,5H2,1-2H3,(H,15,17). The van der Waals surface area contributed by atoms with Crippen LogP contribution in [-0.2, 0) is 0 Å². The molecule has 0 unspecified atom stereocenters. The third-order valence-corrected chi connectivity index (χ3v) is 2.93. The molecule has 1 amide bonds. The van der Waals surface area contributed by atoms with Gasteiger partial charge < -0.3 is 5.32 Å². The van der Waals surface area contributed by atoms with Gasteiger partial charge in [0.25, 0.3) is 11.6 Å². The van der Waals surface area contributed by atoms with Crippen LogP contribution in [0.4, 0.5) is 14.5 Å². The lowest BCUT2D eigenvalue weighted by atomic mass is 10.1. The van der Waals surface area contributed by atoms with E-state index in [-0.39, 0.29) is 5.88 Å². The molecular formula is C11H11ClF2N2O3. The van der Waals surface area contributed by atoms with E-state index in [1.165, 1.54) is 0 Å². The number of nitrogens with zero attached hydrogens (tertiary/aromatic N) is 1. The average molecular weight is 293 g/mol. The van der Waals surface area contributed by atoms with E-state index in [9.17, 15) is 23.7 Å². The van der Waals surface area contributed by atoms with Crippen LogP contribution in [0.1, 0.15) is 24.2 Å². The topological polar surface area (TPSA) is 72.2 Å². The van der Waals surface area contributed by atoms with Gasteiger partial charge >= 0.3 is 0 Å². The maximum atomic E-state index is 13.1. The first kappa shape index (κ1) is 15.3. The lowest BCUT2D eigenvalue weighted by molar-refractivity contribution is -0.385. The number of nitro groups is 1. The van der Waals surface area contributed by atoms with Crippen LogP contribution in [0.2, 0.25) is 0 Å². The Kier molecular flexibility index (Phi) is 4.41. The molecule has 104 valence electrons. The molecule has 19 heavy (non-hydrogen) atoms. The molecule has 0 saturated carbocycles. The van der Waals surface area contributed by atoms with Gasteiger partial charge in [-0.15, -0.1) is 11.6 Å². The number of rotatable bonds is 4. The summed E-state index contributed by atoms with van der Waals surface area (Å²) in [5.41, 5.74) is -2.19. The molecule has 0 saturated heterocycles. The first-order valence-electron chi connectivity index (χ1n) is 5.20. The largest absolute Gasteiger partial charge is 0.346 e. The zero-order valence-electron chi connectivity index (χ0n) is 10.2. The second-order valence-corrected chi connectivity index (χ2v) is 4.78. The van der Waals surface area contributed by atoms with E-state index in [4.69, 9.17) is 11.6 Å². The summed E-state index contributed by atoms with van der Waals surface area (Å²) in [6.07, 6.45) is 0. The minimum atomic E-state index is -1.39. The molecule has 0 fully saturated rings. The number of carbonyl (C=O) groups excluding carboxylic acids is 1. The van der Waals surface area contributed by atoms with E-state index in [1.54, 1.807) is 13.8 Å². The smallest absolute Gasteiger partial charge is 0.285 e. The molecule has 1 aromatic carbocycles. The molecule has 0 bridgehead atoms. The van der Waals surface area contributed by atoms with Gasteiger partial charge in [-0.05, 0) is 19.9 Å². The zero-order chi connectivity index (χ0) is 14.8. The highest BCUT2D eigenvalue weighted by Gasteiger charge is 2.27. The monoisotopic (exact) mass is 292 g/mol. The van der Waals surface area contributed by atoms with Crippen molar-refractivity contribution in [2.75, 3.05) is 5.88 Å². The van der Waals surface area contributed by atoms with E-state index >= 15 is 0 Å². The second-order valence-electron chi connectivity index (χ2n) is 4.51. The van der Waals surface area contributed by atoms with Gasteiger partial charge in [0.05, 0.1) is 11.0 Å². The van der Waals surface area contributed by atoms with Crippen molar-refractivity contribution in [1.29, 1.82) is 0 Å². The van der Waals surface area contributed by atoms with E-state index in [0.29, 0.717) is 12.1 Å². The average Bonchev–Trinajstić information content (AvgIpc) is 2.31. The third-order valence-electron chi connectivity index (χ3n) is 2.27. The highest BCUT2D eigenvalue weighted by atomic mass is 35.5. The molecule has 0 aliphatic heterocycles. The molecule has 0 aliphatic carbocycles. The summed E-state index contributed by atoms with van der Waals surface area (Å²) in [5, 5.41) is 13.1. The van der Waals surface area contributed by atoms with Gasteiger partial charge in [-0.3, -0.25) is 14.9 Å². The number of hydrogen-bond donors (Lipinski definition) is 1. The molecule has 0 spiro atoms. The number of nitro benzene ring substituents is 1. The van der Waals surface area contributed by atoms with E-state index in [2.05, 4.69) is 5.32 Å². The fourth-order valence-electron chi connectivity index (χ4n) is 1.28. The van der Waals surface area contributed by atoms with Gasteiger partial charge in [-0.1, -0.05) is 0 Å². The maximum absolute atomic E-state index is 13.1. The summed E-state index contributed by atoms with van der Waals surface area (Å²) in [4.78, 5) is 21.6. The van der Waals surface area contributed by atoms with Crippen LogP contribution in [-0.4, -0.2) is 22.2 Å². The molecule has 1 rings (SSSR count). The van der Waals surface area contributed by atoms with Crippen LogP contribution in [0.3, 0.4) is 0 Å². The molecule has 0 atom stereocenters. The normalized spacial score (nSPS) is 11.2. The van der Waals surface area contributed by atoms with Gasteiger partial charge in [0.2, 0.25) is 0 Å². The fourth-order valence-corrected chi connectivity index (χ4v) is 1.34. The van der Waals surface area contributed by atoms with E-state index in [1.807, 2.05) is 0 Å². The van der Waals surface area contributed by atoms with Crippen LogP contribution < -0.4 is 5.32 Å². The zero-order valence-corrected chi connectivity index (χ0v) is 10.9. The quantitative estimate of drug-likeness (QED) is 0.527. The predicted octanol–water partition coefficient (Wildman–Crippen LogP) is 2.62. The minimum absolute atomic E-state index is 0.0518. The maximum Gasteiger partial charge on any atom is 0.285 e. The Balaban J connectivity index is 3.22. The number of alkyl halides is 1. The number of carbonyl (C=O) groups is 1. The number of nitrogens with one attached hydrogen (secondary N) is 1. The van der Waals surface area contributed by atoms with Crippen molar-refractivity contribution in [2.24, 2.45) is 0 Å². The molecule has 0 aliphatic rings. The molecule has 8 heteroatoms. The molecule has 1 aromatic rings. The lowest BCUT2D eigenvalue weighted by Crippen LogP contribution is -2.45. The number of halogens is 3. The number of benzene rings is 1. The van der Waals surface area contributed by atoms with Gasteiger partial charge in [-0.2, -0.15) is 0 Å². The Bertz CT molecular complexity index is 535. The second kappa shape index (κ2) is 5.48. The molecule has 0 aromatic heterocycles. The van der Waals surface area contributed by atoms with Gasteiger partial charge in [0.1, 0.15) is 5.56 Å². The van der Waals surface area contributed by atoms with Crippen molar-refractivity contribution in [3.8, 4) is 0 Å². The first-order chi connectivity index (χ1) is 8.68. The van der Waals surface area contributed by atoms with Gasteiger partial charge in [0, 0.05) is 11.4 Å². The summed E-state index contributed by atoms with van der Waals surface area (Å²) in [6, 6.07) is 0.866. The van der Waals surface area contributed by atoms with Crippen LogP contribution in [0, 0.1) is 21.7 Å². The Morgan fingerprint density at radius 1 is 1.42 bits per heavy atom. The molecule has 5 nitrogen and oxygen atoms in total. The summed E-state index contributed by atoms with van der Waals surface area (Å²) in [6.45, 7) is 3.17. The number of hydrogen-bond acceptors (Lipinski definition) is 3. The van der Waals surface area contributed by atoms with Crippen molar-refractivity contribution < 1.29 is 18.5 Å². The molecule has 0 heterocycles. The van der Waals surface area contributed by atoms with E-state index < -0.39 is 39.3 Å². The third kappa shape index (κ3) is 3.60. The van der Waals surface area contributed by atoms with Crippen LogP contribution in [0.25, 0.3) is 0 Å². The summed E-state index contributed by atoms with van der Waals surface area (Å²) in [7, 11) is 0. The summed E-state index contributed by atoms with van der Waals surface area (Å²) in [5.74, 6) is -3.56. The van der Waals surface area contributed by atoms with Crippen LogP contribution in [0.15, 0.2) is 12.1 Å². The molecular weight excluding hydrogens is 282 g/mol. The molecule has 1 N–H and O–H groups in total. The number of amides is 1. The first-order valence-corrected chi connectivity index (χ1v) is 5.73. The highest BCUT2D eigenvalue weighted by Crippen LogP contribution is 2.23. The van der Waals surface area contributed by atoms with Crippen LogP contribution in [0.5, 0.6) is 0 Å². The Morgan fingerprint density at radius 3 is 2.42 bits per heavy atom. The lowest BCUT2D eigenvalue weighted by Gasteiger charge is -2.23. The van der Waals surface area contributed by atoms with E-state index in [0.717, 1.165) is 0 Å². The Morgan fingerprint density at radius 2 is 1.95 bits per heavy atom. The van der Waals surface area contributed by atoms with Crippen molar-refractivity contribution >= 4 is 23.2 Å². The SMILES string of the molecule is CC(C)(CCl)NC(=O)c1cc(F)c(F)cc1[N+](=O)[O-]. The Hall–Kier alpha value is -1.76. The predicted molar refractivity (Wildman–Crippen MR) is 65.3 cm³/mol. The fraction of sp³-hybridized carbons (Fsp3) is 0.364. The van der Waals surface area contributed by atoms with Crippen molar-refractivity contribution in [3.05, 3.63) is 39.4 Å². The van der Waals surface area contributed by atoms with Crippen molar-refractivity contribution in [3.63, 3.8) is 0 Å². The van der Waals surface area contributed by atoms with Gasteiger partial charge in [-0.25, -0.2) is 8.78 Å². The Labute approximate surface area is 112 Å².